The maximum atomic E-state index is 5.05. The lowest BCUT2D eigenvalue weighted by molar-refractivity contribution is 0.590. The van der Waals surface area contributed by atoms with Crippen LogP contribution in [-0.2, 0) is 11.8 Å². The van der Waals surface area contributed by atoms with Crippen LogP contribution in [0.3, 0.4) is 0 Å². The zero-order chi connectivity index (χ0) is 21.5. The van der Waals surface area contributed by atoms with Crippen molar-refractivity contribution < 1.29 is 0 Å². The molecule has 0 radical (unpaired) electrons. The summed E-state index contributed by atoms with van der Waals surface area (Å²) >= 11 is 0. The van der Waals surface area contributed by atoms with Crippen molar-refractivity contribution in [2.75, 3.05) is 0 Å². The minimum Gasteiger partial charge on any atom is -0.358 e. The molecule has 1 N–H and O–H groups in total. The van der Waals surface area contributed by atoms with E-state index in [9.17, 15) is 0 Å². The molecule has 29 heavy (non-hydrogen) atoms. The Morgan fingerprint density at radius 1 is 0.931 bits per heavy atom. The van der Waals surface area contributed by atoms with Gasteiger partial charge in [0.25, 0.3) is 0 Å². The SMILES string of the molecule is CCC1=C(C)/C(=C(\c2ccc(C(C)(C)C)cc2)c2[nH]c(C)c(CC)c2C)N=C1C. The van der Waals surface area contributed by atoms with Gasteiger partial charge in [0.05, 0.1) is 11.4 Å². The zero-order valence-corrected chi connectivity index (χ0v) is 19.7. The second kappa shape index (κ2) is 7.82. The summed E-state index contributed by atoms with van der Waals surface area (Å²) in [7, 11) is 0. The van der Waals surface area contributed by atoms with Crippen LogP contribution in [0.1, 0.15) is 88.5 Å². The molecule has 154 valence electrons. The van der Waals surface area contributed by atoms with Gasteiger partial charge >= 0.3 is 0 Å². The first-order chi connectivity index (χ1) is 13.6. The summed E-state index contributed by atoms with van der Waals surface area (Å²) in [6, 6.07) is 9.08. The van der Waals surface area contributed by atoms with Gasteiger partial charge in [0.15, 0.2) is 0 Å². The topological polar surface area (TPSA) is 28.1 Å². The Morgan fingerprint density at radius 3 is 2.00 bits per heavy atom. The molecule has 1 aromatic heterocycles. The first-order valence-corrected chi connectivity index (χ1v) is 10.9. The average Bonchev–Trinajstić information content (AvgIpc) is 3.10. The van der Waals surface area contributed by atoms with Gasteiger partial charge in [0, 0.05) is 17.0 Å². The van der Waals surface area contributed by atoms with Crippen molar-refractivity contribution in [2.24, 2.45) is 4.99 Å². The molecule has 0 atom stereocenters. The Bertz CT molecular complexity index is 1020. The van der Waals surface area contributed by atoms with E-state index in [1.807, 2.05) is 0 Å². The van der Waals surface area contributed by atoms with Crippen molar-refractivity contribution in [3.05, 3.63) is 74.8 Å². The van der Waals surface area contributed by atoms with Crippen LogP contribution in [0.4, 0.5) is 0 Å². The van der Waals surface area contributed by atoms with Crippen LogP contribution in [0.5, 0.6) is 0 Å². The average molecular weight is 389 g/mol. The molecule has 0 saturated carbocycles. The molecule has 0 fully saturated rings. The largest absolute Gasteiger partial charge is 0.358 e. The highest BCUT2D eigenvalue weighted by Gasteiger charge is 2.25. The van der Waals surface area contributed by atoms with Crippen LogP contribution in [0, 0.1) is 13.8 Å². The van der Waals surface area contributed by atoms with Gasteiger partial charge < -0.3 is 4.98 Å². The van der Waals surface area contributed by atoms with E-state index in [2.05, 4.69) is 91.6 Å². The molecule has 0 saturated heterocycles. The number of aromatic nitrogens is 1. The van der Waals surface area contributed by atoms with Gasteiger partial charge in [0.2, 0.25) is 0 Å². The normalized spacial score (nSPS) is 16.5. The summed E-state index contributed by atoms with van der Waals surface area (Å²) in [5, 5.41) is 0. The molecule has 2 nitrogen and oxygen atoms in total. The maximum absolute atomic E-state index is 5.05. The van der Waals surface area contributed by atoms with Crippen molar-refractivity contribution in [1.82, 2.24) is 4.98 Å². The molecular weight excluding hydrogens is 352 g/mol. The van der Waals surface area contributed by atoms with Gasteiger partial charge in [-0.1, -0.05) is 58.9 Å². The molecule has 0 amide bonds. The molecule has 0 aliphatic carbocycles. The van der Waals surface area contributed by atoms with Crippen molar-refractivity contribution in [3.8, 4) is 0 Å². The van der Waals surface area contributed by atoms with Crippen molar-refractivity contribution >= 4 is 11.3 Å². The number of allylic oxidation sites excluding steroid dienone is 2. The van der Waals surface area contributed by atoms with Crippen LogP contribution in [0.25, 0.3) is 5.57 Å². The first kappa shape index (κ1) is 21.4. The number of aryl methyl sites for hydroxylation is 1. The second-order valence-electron chi connectivity index (χ2n) is 9.29. The van der Waals surface area contributed by atoms with Crippen LogP contribution < -0.4 is 0 Å². The Labute approximate surface area is 176 Å². The number of aromatic amines is 1. The molecule has 3 rings (SSSR count). The number of nitrogens with one attached hydrogen (secondary N) is 1. The van der Waals surface area contributed by atoms with Gasteiger partial charge in [-0.2, -0.15) is 0 Å². The third-order valence-corrected chi connectivity index (χ3v) is 6.35. The summed E-state index contributed by atoms with van der Waals surface area (Å²) < 4.78 is 0. The number of H-pyrrole nitrogens is 1. The van der Waals surface area contributed by atoms with Crippen LogP contribution in [-0.4, -0.2) is 10.7 Å². The Balaban J connectivity index is 2.31. The van der Waals surface area contributed by atoms with Crippen LogP contribution >= 0.6 is 0 Å². The monoisotopic (exact) mass is 388 g/mol. The Hall–Kier alpha value is -2.35. The molecule has 1 aliphatic heterocycles. The molecular formula is C27H36N2. The fourth-order valence-electron chi connectivity index (χ4n) is 4.60. The molecule has 0 bridgehead atoms. The number of rotatable bonds is 4. The fraction of sp³-hybridized carbons (Fsp3) is 0.444. The number of benzene rings is 1. The summed E-state index contributed by atoms with van der Waals surface area (Å²) in [5.41, 5.74) is 14.2. The van der Waals surface area contributed by atoms with Crippen LogP contribution in [0.2, 0.25) is 0 Å². The van der Waals surface area contributed by atoms with E-state index in [0.29, 0.717) is 0 Å². The lowest BCUT2D eigenvalue weighted by Crippen LogP contribution is -2.10. The molecule has 0 unspecified atom stereocenters. The Morgan fingerprint density at radius 2 is 1.55 bits per heavy atom. The zero-order valence-electron chi connectivity index (χ0n) is 19.7. The molecule has 2 aromatic rings. The predicted octanol–water partition coefficient (Wildman–Crippen LogP) is 7.45. The summed E-state index contributed by atoms with van der Waals surface area (Å²) in [6.45, 7) is 20.0. The molecule has 2 heterocycles. The first-order valence-electron chi connectivity index (χ1n) is 10.9. The van der Waals surface area contributed by atoms with Gasteiger partial charge in [-0.15, -0.1) is 0 Å². The highest BCUT2D eigenvalue weighted by Crippen LogP contribution is 2.39. The lowest BCUT2D eigenvalue weighted by atomic mass is 9.85. The standard InChI is InChI=1S/C27H36N2/c1-10-22-16(3)25(28-18(22)5)24(26-17(4)23(11-2)19(6)29-26)20-12-14-21(15-13-20)27(7,8)9/h12-15,28H,10-11H2,1-9H3/b26-24-. The number of hydrogen-bond acceptors (Lipinski definition) is 1. The van der Waals surface area contributed by atoms with Gasteiger partial charge in [-0.05, 0) is 79.4 Å². The molecule has 1 aromatic carbocycles. The summed E-state index contributed by atoms with van der Waals surface area (Å²) in [6.07, 6.45) is 2.06. The molecule has 2 heteroatoms. The van der Waals surface area contributed by atoms with E-state index in [-0.39, 0.29) is 5.41 Å². The van der Waals surface area contributed by atoms with E-state index in [4.69, 9.17) is 4.99 Å². The fourth-order valence-corrected chi connectivity index (χ4v) is 4.60. The number of hydrogen-bond donors (Lipinski definition) is 1. The third-order valence-electron chi connectivity index (χ3n) is 6.35. The predicted molar refractivity (Wildman–Crippen MR) is 127 cm³/mol. The smallest absolute Gasteiger partial charge is 0.0764 e. The molecule has 1 aliphatic rings. The second-order valence-corrected chi connectivity index (χ2v) is 9.29. The van der Waals surface area contributed by atoms with Crippen LogP contribution in [0.15, 0.2) is 46.1 Å². The molecule has 0 spiro atoms. The third kappa shape index (κ3) is 3.77. The van der Waals surface area contributed by atoms with Gasteiger partial charge in [-0.3, -0.25) is 4.99 Å². The highest BCUT2D eigenvalue weighted by molar-refractivity contribution is 6.05. The number of nitrogens with zero attached hydrogens (tertiary/aromatic N) is 1. The van der Waals surface area contributed by atoms with E-state index in [1.54, 1.807) is 0 Å². The highest BCUT2D eigenvalue weighted by atomic mass is 14.8. The number of aliphatic imine (C=N–C) groups is 1. The quantitative estimate of drug-likeness (QED) is 0.563. The van der Waals surface area contributed by atoms with E-state index in [0.717, 1.165) is 24.3 Å². The van der Waals surface area contributed by atoms with E-state index in [1.165, 1.54) is 50.4 Å². The van der Waals surface area contributed by atoms with Crippen molar-refractivity contribution in [2.45, 2.75) is 80.6 Å². The lowest BCUT2D eigenvalue weighted by Gasteiger charge is -2.20. The summed E-state index contributed by atoms with van der Waals surface area (Å²) in [5.74, 6) is 0. The summed E-state index contributed by atoms with van der Waals surface area (Å²) in [4.78, 5) is 8.76. The maximum Gasteiger partial charge on any atom is 0.0764 e. The Kier molecular flexibility index (Phi) is 5.76. The van der Waals surface area contributed by atoms with Crippen molar-refractivity contribution in [1.29, 1.82) is 0 Å². The minimum atomic E-state index is 0.146. The van der Waals surface area contributed by atoms with Gasteiger partial charge in [-0.25, -0.2) is 0 Å². The van der Waals surface area contributed by atoms with Crippen molar-refractivity contribution in [3.63, 3.8) is 0 Å². The van der Waals surface area contributed by atoms with Gasteiger partial charge in [0.1, 0.15) is 0 Å². The minimum absolute atomic E-state index is 0.146. The van der Waals surface area contributed by atoms with E-state index < -0.39 is 0 Å². The van der Waals surface area contributed by atoms with E-state index >= 15 is 0 Å².